The van der Waals surface area contributed by atoms with E-state index in [0.29, 0.717) is 5.75 Å². The van der Waals surface area contributed by atoms with Crippen molar-refractivity contribution in [3.05, 3.63) is 12.1 Å². The fourth-order valence-corrected chi connectivity index (χ4v) is 3.88. The molecule has 1 rings (SSSR count). The Morgan fingerprint density at radius 2 is 1.25 bits per heavy atom. The second-order valence-corrected chi connectivity index (χ2v) is 15.3. The molecule has 0 saturated heterocycles. The van der Waals surface area contributed by atoms with Crippen molar-refractivity contribution in [1.29, 1.82) is 0 Å². The fourth-order valence-electron chi connectivity index (χ4n) is 1.51. The molecule has 0 aliphatic carbocycles. The van der Waals surface area contributed by atoms with Crippen molar-refractivity contribution in [2.75, 3.05) is 21.3 Å². The molecule has 1 aromatic carbocycles. The van der Waals surface area contributed by atoms with Gasteiger partial charge in [-0.1, -0.05) is 0 Å². The first-order chi connectivity index (χ1) is 7.43. The molecule has 0 aromatic heterocycles. The van der Waals surface area contributed by atoms with E-state index >= 15 is 0 Å². The first-order valence-electron chi connectivity index (χ1n) is 5.24. The zero-order valence-electron chi connectivity index (χ0n) is 10.9. The Kier molecular flexibility index (Phi) is 4.13. The summed E-state index contributed by atoms with van der Waals surface area (Å²) in [6, 6.07) is 4.14. The van der Waals surface area contributed by atoms with Gasteiger partial charge >= 0.3 is 99.9 Å². The van der Waals surface area contributed by atoms with Crippen LogP contribution in [0.4, 0.5) is 0 Å². The van der Waals surface area contributed by atoms with Gasteiger partial charge in [0.05, 0.1) is 0 Å². The molecule has 0 radical (unpaired) electrons. The molecule has 0 unspecified atom stereocenters. The van der Waals surface area contributed by atoms with Crippen LogP contribution in [0.3, 0.4) is 0 Å². The van der Waals surface area contributed by atoms with Gasteiger partial charge in [0.2, 0.25) is 0 Å². The van der Waals surface area contributed by atoms with Crippen LogP contribution in [0.2, 0.25) is 17.3 Å². The molecule has 0 spiro atoms. The van der Waals surface area contributed by atoms with Crippen molar-refractivity contribution in [1.82, 2.24) is 0 Å². The van der Waals surface area contributed by atoms with Gasteiger partial charge in [-0.05, 0) is 0 Å². The molecular weight excluding hydrogens is 265 g/mol. The van der Waals surface area contributed by atoms with E-state index in [0.717, 1.165) is 11.5 Å². The quantitative estimate of drug-likeness (QED) is 0.794. The normalized spacial score (nSPS) is 11.1. The minimum atomic E-state index is -1.88. The topological polar surface area (TPSA) is 27.7 Å². The first kappa shape index (κ1) is 13.2. The second kappa shape index (κ2) is 5.00. The molecule has 0 N–H and O–H groups in total. The van der Waals surface area contributed by atoms with E-state index in [-0.39, 0.29) is 0 Å². The van der Waals surface area contributed by atoms with E-state index in [4.69, 9.17) is 14.2 Å². The second-order valence-electron chi connectivity index (χ2n) is 4.66. The Labute approximate surface area is 100 Å². The Morgan fingerprint density at radius 3 is 1.50 bits per heavy atom. The van der Waals surface area contributed by atoms with E-state index in [1.54, 1.807) is 21.3 Å². The van der Waals surface area contributed by atoms with Gasteiger partial charge < -0.3 is 0 Å². The van der Waals surface area contributed by atoms with Crippen LogP contribution in [-0.2, 0) is 0 Å². The van der Waals surface area contributed by atoms with Crippen LogP contribution in [-0.4, -0.2) is 34.6 Å². The summed E-state index contributed by atoms with van der Waals surface area (Å²) >= 11 is -1.88. The standard InChI is InChI=1S/C12H20GeO3/c1-13(2,3)9-7-10(14-4)12(16-6)11(8-9)15-5/h7-8H,1-6H3. The number of hydrogen-bond acceptors (Lipinski definition) is 3. The third-order valence-corrected chi connectivity index (χ3v) is 6.77. The molecule has 16 heavy (non-hydrogen) atoms. The van der Waals surface area contributed by atoms with Crippen LogP contribution >= 0.6 is 0 Å². The van der Waals surface area contributed by atoms with Gasteiger partial charge in [0.25, 0.3) is 0 Å². The van der Waals surface area contributed by atoms with Crippen LogP contribution in [0.5, 0.6) is 17.2 Å². The summed E-state index contributed by atoms with van der Waals surface area (Å²) in [5, 5.41) is 0. The Bertz CT molecular complexity index is 344. The number of methoxy groups -OCH3 is 3. The van der Waals surface area contributed by atoms with Crippen molar-refractivity contribution in [2.24, 2.45) is 0 Å². The van der Waals surface area contributed by atoms with Gasteiger partial charge in [0.1, 0.15) is 0 Å². The fraction of sp³-hybridized carbons (Fsp3) is 0.500. The van der Waals surface area contributed by atoms with Gasteiger partial charge in [0, 0.05) is 0 Å². The number of hydrogen-bond donors (Lipinski definition) is 0. The summed E-state index contributed by atoms with van der Waals surface area (Å²) in [5.74, 6) is 9.16. The summed E-state index contributed by atoms with van der Waals surface area (Å²) in [7, 11) is 4.92. The molecule has 1 aromatic rings. The predicted octanol–water partition coefficient (Wildman–Crippen LogP) is 2.26. The zero-order chi connectivity index (χ0) is 12.3. The molecule has 0 saturated carbocycles. The Balaban J connectivity index is 3.37. The SMILES string of the molecule is COc1c[c]([Ge]([CH3])([CH3])[CH3])cc(OC)c1OC. The molecule has 4 heteroatoms. The monoisotopic (exact) mass is 286 g/mol. The van der Waals surface area contributed by atoms with Crippen LogP contribution in [0.15, 0.2) is 12.1 Å². The molecular formula is C12H20GeO3. The van der Waals surface area contributed by atoms with E-state index in [1.807, 2.05) is 0 Å². The average molecular weight is 285 g/mol. The number of ether oxygens (including phenoxy) is 3. The van der Waals surface area contributed by atoms with Crippen molar-refractivity contribution in [3.8, 4) is 17.2 Å². The summed E-state index contributed by atoms with van der Waals surface area (Å²) in [6.07, 6.45) is 0. The van der Waals surface area contributed by atoms with E-state index < -0.39 is 13.3 Å². The zero-order valence-corrected chi connectivity index (χ0v) is 13.0. The molecule has 3 nitrogen and oxygen atoms in total. The van der Waals surface area contributed by atoms with E-state index in [1.165, 1.54) is 4.40 Å². The first-order valence-corrected chi connectivity index (χ1v) is 12.6. The van der Waals surface area contributed by atoms with Crippen molar-refractivity contribution >= 4 is 17.7 Å². The Hall–Kier alpha value is -0.837. The molecule has 0 heterocycles. The molecule has 0 aliphatic rings. The van der Waals surface area contributed by atoms with Crippen LogP contribution < -0.4 is 18.6 Å². The van der Waals surface area contributed by atoms with Gasteiger partial charge in [-0.3, -0.25) is 0 Å². The summed E-state index contributed by atoms with van der Waals surface area (Å²) in [4.78, 5) is 0. The molecule has 0 aliphatic heterocycles. The maximum atomic E-state index is 5.34. The summed E-state index contributed by atoms with van der Waals surface area (Å²) < 4.78 is 17.3. The van der Waals surface area contributed by atoms with Crippen LogP contribution in [0, 0.1) is 0 Å². The van der Waals surface area contributed by atoms with Gasteiger partial charge in [0.15, 0.2) is 0 Å². The van der Waals surface area contributed by atoms with E-state index in [9.17, 15) is 0 Å². The third-order valence-electron chi connectivity index (χ3n) is 2.53. The average Bonchev–Trinajstić information content (AvgIpc) is 2.25. The Morgan fingerprint density at radius 1 is 0.812 bits per heavy atom. The van der Waals surface area contributed by atoms with Gasteiger partial charge in [-0.25, -0.2) is 0 Å². The number of rotatable bonds is 4. The molecule has 0 atom stereocenters. The summed E-state index contributed by atoms with van der Waals surface area (Å²) in [5.41, 5.74) is 0. The number of benzene rings is 1. The minimum absolute atomic E-state index is 0.667. The van der Waals surface area contributed by atoms with Crippen molar-refractivity contribution in [2.45, 2.75) is 17.3 Å². The molecule has 0 fully saturated rings. The van der Waals surface area contributed by atoms with Crippen molar-refractivity contribution < 1.29 is 14.2 Å². The van der Waals surface area contributed by atoms with Crippen LogP contribution in [0.25, 0.3) is 0 Å². The summed E-state index contributed by atoms with van der Waals surface area (Å²) in [6.45, 7) is 0. The molecule has 90 valence electrons. The van der Waals surface area contributed by atoms with Gasteiger partial charge in [-0.2, -0.15) is 0 Å². The van der Waals surface area contributed by atoms with Crippen molar-refractivity contribution in [3.63, 3.8) is 0 Å². The third kappa shape index (κ3) is 2.64. The van der Waals surface area contributed by atoms with E-state index in [2.05, 4.69) is 29.4 Å². The predicted molar refractivity (Wildman–Crippen MR) is 69.1 cm³/mol. The molecule has 0 amide bonds. The maximum absolute atomic E-state index is 5.34. The molecule has 0 bridgehead atoms. The van der Waals surface area contributed by atoms with Crippen LogP contribution in [0.1, 0.15) is 0 Å². The van der Waals surface area contributed by atoms with Gasteiger partial charge in [-0.15, -0.1) is 0 Å².